The summed E-state index contributed by atoms with van der Waals surface area (Å²) in [5.74, 6) is 0.282. The quantitative estimate of drug-likeness (QED) is 0.718. The second kappa shape index (κ2) is 3.88. The molecule has 1 aliphatic carbocycles. The van der Waals surface area contributed by atoms with Gasteiger partial charge in [0.2, 0.25) is 0 Å². The number of carbonyl (C=O) groups excluding carboxylic acids is 1. The third-order valence-electron chi connectivity index (χ3n) is 3.48. The van der Waals surface area contributed by atoms with Gasteiger partial charge in [0.05, 0.1) is 5.69 Å². The molecule has 86 valence electrons. The fraction of sp³-hybridized carbons (Fsp3) is 0.267. The van der Waals surface area contributed by atoms with Crippen molar-refractivity contribution >= 4 is 16.7 Å². The van der Waals surface area contributed by atoms with Gasteiger partial charge < -0.3 is 4.57 Å². The second-order valence-electron chi connectivity index (χ2n) is 4.52. The summed E-state index contributed by atoms with van der Waals surface area (Å²) in [7, 11) is 0. The largest absolute Gasteiger partial charge is 0.334 e. The van der Waals surface area contributed by atoms with Crippen LogP contribution in [0.5, 0.6) is 0 Å². The SMILES string of the molecule is C=CCn1c2c(c3ccccc31)CCCC2=O. The third kappa shape index (κ3) is 1.44. The summed E-state index contributed by atoms with van der Waals surface area (Å²) in [5.41, 5.74) is 3.31. The Labute approximate surface area is 101 Å². The van der Waals surface area contributed by atoms with Gasteiger partial charge in [-0.2, -0.15) is 0 Å². The van der Waals surface area contributed by atoms with Gasteiger partial charge in [-0.05, 0) is 24.5 Å². The Morgan fingerprint density at radius 2 is 2.12 bits per heavy atom. The van der Waals surface area contributed by atoms with Gasteiger partial charge in [0.25, 0.3) is 0 Å². The van der Waals surface area contributed by atoms with E-state index in [1.54, 1.807) is 0 Å². The van der Waals surface area contributed by atoms with E-state index in [1.807, 2.05) is 18.2 Å². The van der Waals surface area contributed by atoms with Crippen LogP contribution in [0.1, 0.15) is 28.9 Å². The van der Waals surface area contributed by atoms with E-state index in [0.717, 1.165) is 24.1 Å². The molecular formula is C15H15NO. The molecule has 0 spiro atoms. The maximum Gasteiger partial charge on any atom is 0.179 e. The van der Waals surface area contributed by atoms with Crippen molar-refractivity contribution in [2.75, 3.05) is 0 Å². The predicted octanol–water partition coefficient (Wildman–Crippen LogP) is 3.35. The van der Waals surface area contributed by atoms with Crippen LogP contribution in [0.4, 0.5) is 0 Å². The predicted molar refractivity (Wildman–Crippen MR) is 69.4 cm³/mol. The summed E-state index contributed by atoms with van der Waals surface area (Å²) in [4.78, 5) is 12.1. The van der Waals surface area contributed by atoms with Gasteiger partial charge in [0.15, 0.2) is 5.78 Å². The minimum atomic E-state index is 0.282. The van der Waals surface area contributed by atoms with Crippen LogP contribution in [0.2, 0.25) is 0 Å². The molecule has 1 aliphatic rings. The van der Waals surface area contributed by atoms with Crippen LogP contribution in [-0.2, 0) is 13.0 Å². The van der Waals surface area contributed by atoms with Crippen LogP contribution in [0.25, 0.3) is 10.9 Å². The van der Waals surface area contributed by atoms with E-state index in [9.17, 15) is 4.79 Å². The fourth-order valence-corrected chi connectivity index (χ4v) is 2.81. The van der Waals surface area contributed by atoms with Crippen molar-refractivity contribution in [2.24, 2.45) is 0 Å². The van der Waals surface area contributed by atoms with Gasteiger partial charge in [0.1, 0.15) is 0 Å². The molecule has 1 aromatic heterocycles. The molecule has 1 aromatic carbocycles. The van der Waals surface area contributed by atoms with E-state index >= 15 is 0 Å². The number of Topliss-reactive ketones (excluding diaryl/α,β-unsaturated/α-hetero) is 1. The number of carbonyl (C=O) groups is 1. The zero-order valence-corrected chi connectivity index (χ0v) is 9.78. The first-order valence-corrected chi connectivity index (χ1v) is 6.07. The molecule has 0 fully saturated rings. The lowest BCUT2D eigenvalue weighted by atomic mass is 9.94. The van der Waals surface area contributed by atoms with Gasteiger partial charge in [-0.1, -0.05) is 24.3 Å². The molecule has 0 N–H and O–H groups in total. The molecule has 2 heteroatoms. The molecule has 17 heavy (non-hydrogen) atoms. The summed E-state index contributed by atoms with van der Waals surface area (Å²) in [6.07, 6.45) is 4.54. The number of ketones is 1. The van der Waals surface area contributed by atoms with Crippen molar-refractivity contribution in [1.29, 1.82) is 0 Å². The van der Waals surface area contributed by atoms with Crippen LogP contribution in [-0.4, -0.2) is 10.4 Å². The molecule has 0 bridgehead atoms. The lowest BCUT2D eigenvalue weighted by Crippen LogP contribution is -2.14. The second-order valence-corrected chi connectivity index (χ2v) is 4.52. The fourth-order valence-electron chi connectivity index (χ4n) is 2.81. The highest BCUT2D eigenvalue weighted by Gasteiger charge is 2.24. The highest BCUT2D eigenvalue weighted by molar-refractivity contribution is 6.04. The standard InChI is InChI=1S/C15H15NO/c1-2-10-16-13-8-4-3-6-11(13)12-7-5-9-14(17)15(12)16/h2-4,6,8H,1,5,7,9-10H2. The summed E-state index contributed by atoms with van der Waals surface area (Å²) in [6, 6.07) is 8.27. The highest BCUT2D eigenvalue weighted by atomic mass is 16.1. The van der Waals surface area contributed by atoms with Gasteiger partial charge in [-0.25, -0.2) is 0 Å². The molecule has 0 atom stereocenters. The third-order valence-corrected chi connectivity index (χ3v) is 3.48. The number of aromatic nitrogens is 1. The Balaban J connectivity index is 2.38. The van der Waals surface area contributed by atoms with Crippen molar-refractivity contribution in [1.82, 2.24) is 4.57 Å². The van der Waals surface area contributed by atoms with Crippen molar-refractivity contribution in [2.45, 2.75) is 25.8 Å². The number of aryl methyl sites for hydroxylation is 1. The first-order valence-electron chi connectivity index (χ1n) is 6.07. The van der Waals surface area contributed by atoms with Crippen molar-refractivity contribution in [3.8, 4) is 0 Å². The monoisotopic (exact) mass is 225 g/mol. The maximum absolute atomic E-state index is 12.1. The number of nitrogens with zero attached hydrogens (tertiary/aromatic N) is 1. The van der Waals surface area contributed by atoms with E-state index in [2.05, 4.69) is 23.3 Å². The lowest BCUT2D eigenvalue weighted by molar-refractivity contribution is 0.0964. The molecule has 3 rings (SSSR count). The van der Waals surface area contributed by atoms with E-state index < -0.39 is 0 Å². The Hall–Kier alpha value is -1.83. The number of para-hydroxylation sites is 1. The van der Waals surface area contributed by atoms with Crippen LogP contribution in [0.15, 0.2) is 36.9 Å². The summed E-state index contributed by atoms with van der Waals surface area (Å²) in [5, 5.41) is 1.23. The first-order chi connectivity index (χ1) is 8.33. The zero-order valence-electron chi connectivity index (χ0n) is 9.78. The van der Waals surface area contributed by atoms with Gasteiger partial charge in [0, 0.05) is 23.9 Å². The minimum absolute atomic E-state index is 0.282. The molecule has 0 saturated heterocycles. The average molecular weight is 225 g/mol. The average Bonchev–Trinajstić information content (AvgIpc) is 2.67. The molecule has 2 nitrogen and oxygen atoms in total. The Kier molecular flexibility index (Phi) is 2.36. The zero-order chi connectivity index (χ0) is 11.8. The number of hydrogen-bond acceptors (Lipinski definition) is 1. The molecule has 0 radical (unpaired) electrons. The first kappa shape index (κ1) is 10.3. The van der Waals surface area contributed by atoms with E-state index in [1.165, 1.54) is 10.9 Å². The molecule has 0 unspecified atom stereocenters. The van der Waals surface area contributed by atoms with E-state index in [4.69, 9.17) is 0 Å². The number of benzene rings is 1. The van der Waals surface area contributed by atoms with Crippen LogP contribution >= 0.6 is 0 Å². The van der Waals surface area contributed by atoms with Crippen LogP contribution in [0.3, 0.4) is 0 Å². The minimum Gasteiger partial charge on any atom is -0.334 e. The maximum atomic E-state index is 12.1. The number of fused-ring (bicyclic) bond motifs is 3. The number of allylic oxidation sites excluding steroid dienone is 1. The Bertz CT molecular complexity index is 607. The molecular weight excluding hydrogens is 210 g/mol. The van der Waals surface area contributed by atoms with Gasteiger partial charge in [-0.3, -0.25) is 4.79 Å². The van der Waals surface area contributed by atoms with Gasteiger partial charge in [-0.15, -0.1) is 6.58 Å². The lowest BCUT2D eigenvalue weighted by Gasteiger charge is -2.13. The number of rotatable bonds is 2. The topological polar surface area (TPSA) is 22.0 Å². The van der Waals surface area contributed by atoms with Crippen molar-refractivity contribution in [3.05, 3.63) is 48.2 Å². The van der Waals surface area contributed by atoms with Crippen molar-refractivity contribution in [3.63, 3.8) is 0 Å². The molecule has 2 aromatic rings. The Morgan fingerprint density at radius 3 is 2.94 bits per heavy atom. The molecule has 0 amide bonds. The normalized spacial score (nSPS) is 14.9. The van der Waals surface area contributed by atoms with E-state index in [-0.39, 0.29) is 5.78 Å². The molecule has 1 heterocycles. The Morgan fingerprint density at radius 1 is 1.29 bits per heavy atom. The van der Waals surface area contributed by atoms with Crippen LogP contribution in [0, 0.1) is 0 Å². The highest BCUT2D eigenvalue weighted by Crippen LogP contribution is 2.31. The number of hydrogen-bond donors (Lipinski definition) is 0. The summed E-state index contributed by atoms with van der Waals surface area (Å²) < 4.78 is 2.11. The smallest absolute Gasteiger partial charge is 0.179 e. The molecule has 0 aliphatic heterocycles. The van der Waals surface area contributed by atoms with E-state index in [0.29, 0.717) is 13.0 Å². The summed E-state index contributed by atoms with van der Waals surface area (Å²) in [6.45, 7) is 4.49. The van der Waals surface area contributed by atoms with Crippen LogP contribution < -0.4 is 0 Å². The summed E-state index contributed by atoms with van der Waals surface area (Å²) >= 11 is 0. The molecule has 0 saturated carbocycles. The van der Waals surface area contributed by atoms with Gasteiger partial charge >= 0.3 is 0 Å². The van der Waals surface area contributed by atoms with Crippen molar-refractivity contribution < 1.29 is 4.79 Å².